The molecule has 0 bridgehead atoms. The van der Waals surface area contributed by atoms with E-state index in [1.165, 1.54) is 0 Å². The van der Waals surface area contributed by atoms with Crippen LogP contribution in [0.2, 0.25) is 0 Å². The van der Waals surface area contributed by atoms with Crippen LogP contribution >= 0.6 is 15.9 Å². The molecule has 0 unspecified atom stereocenters. The van der Waals surface area contributed by atoms with Gasteiger partial charge in [-0.2, -0.15) is 5.26 Å². The molecule has 0 N–H and O–H groups in total. The summed E-state index contributed by atoms with van der Waals surface area (Å²) < 4.78 is 5.86. The summed E-state index contributed by atoms with van der Waals surface area (Å²) in [7, 11) is 1.58. The first-order chi connectivity index (χ1) is 8.63. The van der Waals surface area contributed by atoms with Crippen LogP contribution in [0.25, 0.3) is 0 Å². The van der Waals surface area contributed by atoms with E-state index in [1.807, 2.05) is 13.0 Å². The smallest absolute Gasteiger partial charge is 0.253 e. The largest absolute Gasteiger partial charge is 0.496 e. The predicted octanol–water partition coefficient (Wildman–Crippen LogP) is 2.83. The molecule has 0 radical (unpaired) electrons. The van der Waals surface area contributed by atoms with Crippen molar-refractivity contribution in [3.63, 3.8) is 0 Å². The van der Waals surface area contributed by atoms with E-state index in [4.69, 9.17) is 10.00 Å². The number of hydrogen-bond acceptors (Lipinski definition) is 3. The van der Waals surface area contributed by atoms with Crippen LogP contribution in [-0.4, -0.2) is 31.0 Å². The second kappa shape index (κ2) is 7.02. The third kappa shape index (κ3) is 3.47. The van der Waals surface area contributed by atoms with Crippen LogP contribution in [0.5, 0.6) is 5.75 Å². The molecule has 1 amide bonds. The van der Waals surface area contributed by atoms with Gasteiger partial charge in [-0.05, 0) is 41.1 Å². The summed E-state index contributed by atoms with van der Waals surface area (Å²) in [5.74, 6) is 0.614. The van der Waals surface area contributed by atoms with Gasteiger partial charge in [0.15, 0.2) is 0 Å². The van der Waals surface area contributed by atoms with Crippen LogP contribution < -0.4 is 4.74 Å². The van der Waals surface area contributed by atoms with E-state index in [9.17, 15) is 4.79 Å². The minimum atomic E-state index is -0.0731. The summed E-state index contributed by atoms with van der Waals surface area (Å²) in [6.45, 7) is 2.94. The minimum Gasteiger partial charge on any atom is -0.496 e. The van der Waals surface area contributed by atoms with Gasteiger partial charge in [-0.1, -0.05) is 0 Å². The molecule has 18 heavy (non-hydrogen) atoms. The lowest BCUT2D eigenvalue weighted by molar-refractivity contribution is 0.0767. The number of rotatable bonds is 5. The van der Waals surface area contributed by atoms with E-state index in [2.05, 4.69) is 15.9 Å². The molecule has 0 aliphatic carbocycles. The van der Waals surface area contributed by atoms with Gasteiger partial charge in [0.05, 0.1) is 24.1 Å². The van der Waals surface area contributed by atoms with Gasteiger partial charge in [-0.25, -0.2) is 0 Å². The molecule has 0 fully saturated rings. The number of carbonyl (C=O) groups is 1. The maximum absolute atomic E-state index is 12.2. The van der Waals surface area contributed by atoms with Crippen molar-refractivity contribution in [3.05, 3.63) is 28.2 Å². The Hall–Kier alpha value is -1.54. The average molecular weight is 311 g/mol. The van der Waals surface area contributed by atoms with E-state index in [0.717, 1.165) is 4.47 Å². The van der Waals surface area contributed by atoms with E-state index in [1.54, 1.807) is 30.2 Å². The van der Waals surface area contributed by atoms with Crippen LogP contribution in [0, 0.1) is 11.3 Å². The van der Waals surface area contributed by atoms with Gasteiger partial charge in [0.25, 0.3) is 5.91 Å². The molecular formula is C13H15BrN2O2. The predicted molar refractivity (Wildman–Crippen MR) is 72.5 cm³/mol. The van der Waals surface area contributed by atoms with Gasteiger partial charge in [0.1, 0.15) is 5.75 Å². The van der Waals surface area contributed by atoms with Gasteiger partial charge in [-0.15, -0.1) is 0 Å². The van der Waals surface area contributed by atoms with Crippen molar-refractivity contribution in [2.45, 2.75) is 13.3 Å². The minimum absolute atomic E-state index is 0.0731. The molecule has 0 aliphatic rings. The highest BCUT2D eigenvalue weighted by Gasteiger charge is 2.15. The lowest BCUT2D eigenvalue weighted by Crippen LogP contribution is -2.31. The maximum Gasteiger partial charge on any atom is 0.253 e. The highest BCUT2D eigenvalue weighted by molar-refractivity contribution is 9.10. The van der Waals surface area contributed by atoms with Crippen molar-refractivity contribution < 1.29 is 9.53 Å². The Kier molecular flexibility index (Phi) is 5.66. The Morgan fingerprint density at radius 3 is 2.78 bits per heavy atom. The second-order valence-corrected chi connectivity index (χ2v) is 4.50. The highest BCUT2D eigenvalue weighted by Crippen LogP contribution is 2.26. The normalized spacial score (nSPS) is 9.67. The molecule has 0 spiro atoms. The molecule has 96 valence electrons. The highest BCUT2D eigenvalue weighted by atomic mass is 79.9. The molecule has 1 aromatic carbocycles. The van der Waals surface area contributed by atoms with Crippen molar-refractivity contribution >= 4 is 21.8 Å². The van der Waals surface area contributed by atoms with Crippen molar-refractivity contribution in [2.24, 2.45) is 0 Å². The van der Waals surface area contributed by atoms with Crippen LogP contribution in [0.3, 0.4) is 0 Å². The van der Waals surface area contributed by atoms with Crippen LogP contribution in [-0.2, 0) is 0 Å². The fraction of sp³-hybridized carbons (Fsp3) is 0.385. The molecule has 0 aliphatic heterocycles. The summed E-state index contributed by atoms with van der Waals surface area (Å²) in [4.78, 5) is 13.8. The van der Waals surface area contributed by atoms with Crippen molar-refractivity contribution in [1.82, 2.24) is 4.90 Å². The van der Waals surface area contributed by atoms with E-state index >= 15 is 0 Å². The van der Waals surface area contributed by atoms with E-state index in [0.29, 0.717) is 30.8 Å². The lowest BCUT2D eigenvalue weighted by atomic mass is 10.2. The Bertz CT molecular complexity index is 469. The first-order valence-corrected chi connectivity index (χ1v) is 6.43. The van der Waals surface area contributed by atoms with Crippen LogP contribution in [0.15, 0.2) is 22.7 Å². The summed E-state index contributed by atoms with van der Waals surface area (Å²) >= 11 is 3.35. The van der Waals surface area contributed by atoms with Gasteiger partial charge >= 0.3 is 0 Å². The quantitative estimate of drug-likeness (QED) is 0.840. The molecule has 0 heterocycles. The molecule has 1 rings (SSSR count). The fourth-order valence-electron chi connectivity index (χ4n) is 1.57. The van der Waals surface area contributed by atoms with Crippen molar-refractivity contribution in [3.8, 4) is 11.8 Å². The number of amides is 1. The van der Waals surface area contributed by atoms with E-state index < -0.39 is 0 Å². The molecule has 4 nitrogen and oxygen atoms in total. The zero-order valence-electron chi connectivity index (χ0n) is 10.4. The topological polar surface area (TPSA) is 53.3 Å². The third-order valence-corrected chi connectivity index (χ3v) is 3.18. The third-order valence-electron chi connectivity index (χ3n) is 2.56. The second-order valence-electron chi connectivity index (χ2n) is 3.64. The summed E-state index contributed by atoms with van der Waals surface area (Å²) in [6, 6.07) is 7.25. The molecule has 0 aromatic heterocycles. The Morgan fingerprint density at radius 2 is 2.28 bits per heavy atom. The molecule has 0 saturated carbocycles. The number of hydrogen-bond donors (Lipinski definition) is 0. The van der Waals surface area contributed by atoms with Crippen molar-refractivity contribution in [1.29, 1.82) is 5.26 Å². The maximum atomic E-state index is 12.2. The standard InChI is InChI=1S/C13H15BrN2O2/c1-3-16(8-4-7-15)13(17)10-5-6-12(18-2)11(14)9-10/h5-6,9H,3-4,8H2,1-2H3. The number of ether oxygens (including phenoxy) is 1. The molecule has 0 atom stereocenters. The van der Waals surface area contributed by atoms with Crippen molar-refractivity contribution in [2.75, 3.05) is 20.2 Å². The molecular weight excluding hydrogens is 296 g/mol. The van der Waals surface area contributed by atoms with Gasteiger partial charge in [0, 0.05) is 18.7 Å². The summed E-state index contributed by atoms with van der Waals surface area (Å²) in [5.41, 5.74) is 0.586. The Labute approximate surface area is 115 Å². The summed E-state index contributed by atoms with van der Waals surface area (Å²) in [5, 5.41) is 8.56. The first kappa shape index (κ1) is 14.5. The van der Waals surface area contributed by atoms with Gasteiger partial charge in [0.2, 0.25) is 0 Å². The molecule has 0 saturated heterocycles. The molecule has 5 heteroatoms. The van der Waals surface area contributed by atoms with E-state index in [-0.39, 0.29) is 5.91 Å². The lowest BCUT2D eigenvalue weighted by Gasteiger charge is -2.19. The molecule has 1 aromatic rings. The van der Waals surface area contributed by atoms with Gasteiger partial charge in [-0.3, -0.25) is 4.79 Å². The number of nitriles is 1. The monoisotopic (exact) mass is 310 g/mol. The number of carbonyl (C=O) groups excluding carboxylic acids is 1. The Balaban J connectivity index is 2.89. The van der Waals surface area contributed by atoms with Crippen LogP contribution in [0.4, 0.5) is 0 Å². The fourth-order valence-corrected chi connectivity index (χ4v) is 2.11. The number of halogens is 1. The number of nitrogens with zero attached hydrogens (tertiary/aromatic N) is 2. The summed E-state index contributed by atoms with van der Waals surface area (Å²) in [6.07, 6.45) is 0.344. The van der Waals surface area contributed by atoms with Crippen LogP contribution in [0.1, 0.15) is 23.7 Å². The first-order valence-electron chi connectivity index (χ1n) is 5.63. The Morgan fingerprint density at radius 1 is 1.56 bits per heavy atom. The van der Waals surface area contributed by atoms with Gasteiger partial charge < -0.3 is 9.64 Å². The zero-order valence-corrected chi connectivity index (χ0v) is 12.0. The average Bonchev–Trinajstić information content (AvgIpc) is 2.39. The number of benzene rings is 1. The zero-order chi connectivity index (χ0) is 13.5. The number of methoxy groups -OCH3 is 1. The SMILES string of the molecule is CCN(CCC#N)C(=O)c1ccc(OC)c(Br)c1.